The molecule has 0 aromatic heterocycles. The van der Waals surface area contributed by atoms with Crippen molar-refractivity contribution in [2.45, 2.75) is 25.0 Å². The maximum Gasteiger partial charge on any atom is 0.321 e. The first-order chi connectivity index (χ1) is 7.74. The van der Waals surface area contributed by atoms with E-state index >= 15 is 0 Å². The van der Waals surface area contributed by atoms with E-state index in [1.165, 1.54) is 5.57 Å². The fraction of sp³-hybridized carbons (Fsp3) is 0.545. The standard InChI is InChI=1S/C11H13NO4/c13-11(14)8-1-6-2-9-10(16-5-15-9)3-7(6)4-12-8/h3,8-9,12H,1-2,4-5H2,(H,13,14). The van der Waals surface area contributed by atoms with Gasteiger partial charge in [-0.15, -0.1) is 0 Å². The molecule has 1 saturated heterocycles. The Morgan fingerprint density at radius 2 is 2.38 bits per heavy atom. The van der Waals surface area contributed by atoms with Crippen molar-refractivity contribution < 1.29 is 19.4 Å². The molecule has 1 fully saturated rings. The summed E-state index contributed by atoms with van der Waals surface area (Å²) >= 11 is 0. The summed E-state index contributed by atoms with van der Waals surface area (Å²) in [5.41, 5.74) is 2.35. The second-order valence-corrected chi connectivity index (χ2v) is 4.27. The third-order valence-corrected chi connectivity index (χ3v) is 3.30. The average molecular weight is 223 g/mol. The number of ether oxygens (including phenoxy) is 2. The largest absolute Gasteiger partial charge is 0.480 e. The van der Waals surface area contributed by atoms with E-state index in [2.05, 4.69) is 5.32 Å². The quantitative estimate of drug-likeness (QED) is 0.673. The molecular formula is C11H13NO4. The zero-order valence-electron chi connectivity index (χ0n) is 8.73. The van der Waals surface area contributed by atoms with Gasteiger partial charge in [0.05, 0.1) is 0 Å². The van der Waals surface area contributed by atoms with E-state index in [4.69, 9.17) is 14.6 Å². The van der Waals surface area contributed by atoms with Crippen LogP contribution in [0, 0.1) is 0 Å². The Morgan fingerprint density at radius 1 is 1.50 bits per heavy atom. The van der Waals surface area contributed by atoms with Crippen molar-refractivity contribution in [2.24, 2.45) is 0 Å². The van der Waals surface area contributed by atoms with E-state index in [1.54, 1.807) is 0 Å². The monoisotopic (exact) mass is 223 g/mol. The summed E-state index contributed by atoms with van der Waals surface area (Å²) in [6.07, 6.45) is 3.33. The number of rotatable bonds is 1. The maximum absolute atomic E-state index is 10.9. The van der Waals surface area contributed by atoms with Gasteiger partial charge in [-0.25, -0.2) is 0 Å². The van der Waals surface area contributed by atoms with Gasteiger partial charge < -0.3 is 19.9 Å². The predicted octanol–water partition coefficient (Wildman–Crippen LogP) is 0.390. The fourth-order valence-corrected chi connectivity index (χ4v) is 2.40. The third kappa shape index (κ3) is 1.52. The molecule has 0 radical (unpaired) electrons. The van der Waals surface area contributed by atoms with Gasteiger partial charge in [0.1, 0.15) is 17.9 Å². The lowest BCUT2D eigenvalue weighted by atomic mass is 9.87. The molecule has 5 nitrogen and oxygen atoms in total. The molecule has 0 aromatic carbocycles. The highest BCUT2D eigenvalue weighted by molar-refractivity contribution is 5.74. The molecule has 0 aromatic rings. The summed E-state index contributed by atoms with van der Waals surface area (Å²) in [6.45, 7) is 0.915. The highest BCUT2D eigenvalue weighted by Crippen LogP contribution is 2.34. The molecule has 3 aliphatic rings. The summed E-state index contributed by atoms with van der Waals surface area (Å²) < 4.78 is 10.7. The Morgan fingerprint density at radius 3 is 3.19 bits per heavy atom. The van der Waals surface area contributed by atoms with Crippen molar-refractivity contribution in [2.75, 3.05) is 13.3 Å². The number of carbonyl (C=O) groups is 1. The van der Waals surface area contributed by atoms with Crippen molar-refractivity contribution in [3.63, 3.8) is 0 Å². The molecule has 2 aliphatic heterocycles. The van der Waals surface area contributed by atoms with Crippen LogP contribution in [0.15, 0.2) is 23.0 Å². The highest BCUT2D eigenvalue weighted by atomic mass is 16.7. The lowest BCUT2D eigenvalue weighted by molar-refractivity contribution is -0.139. The minimum absolute atomic E-state index is 0.00583. The second kappa shape index (κ2) is 3.61. The van der Waals surface area contributed by atoms with E-state index in [9.17, 15) is 4.79 Å². The zero-order valence-corrected chi connectivity index (χ0v) is 8.73. The lowest BCUT2D eigenvalue weighted by Gasteiger charge is -2.29. The van der Waals surface area contributed by atoms with Crippen molar-refractivity contribution in [1.29, 1.82) is 0 Å². The van der Waals surface area contributed by atoms with Gasteiger partial charge in [-0.1, -0.05) is 5.57 Å². The SMILES string of the molecule is O=C(O)C1CC2=C(C=C3OCOC3C2)CN1. The van der Waals surface area contributed by atoms with Crippen molar-refractivity contribution in [3.8, 4) is 0 Å². The van der Waals surface area contributed by atoms with Crippen LogP contribution in [-0.2, 0) is 14.3 Å². The summed E-state index contributed by atoms with van der Waals surface area (Å²) in [4.78, 5) is 10.9. The van der Waals surface area contributed by atoms with Crippen LogP contribution in [0.3, 0.4) is 0 Å². The molecule has 0 saturated carbocycles. The first kappa shape index (κ1) is 9.86. The van der Waals surface area contributed by atoms with Gasteiger partial charge in [0.25, 0.3) is 0 Å². The van der Waals surface area contributed by atoms with E-state index < -0.39 is 12.0 Å². The third-order valence-electron chi connectivity index (χ3n) is 3.30. The maximum atomic E-state index is 10.9. The van der Waals surface area contributed by atoms with E-state index in [0.717, 1.165) is 17.8 Å². The smallest absolute Gasteiger partial charge is 0.321 e. The van der Waals surface area contributed by atoms with Crippen LogP contribution in [0.4, 0.5) is 0 Å². The molecule has 0 amide bonds. The Bertz CT molecular complexity index is 399. The van der Waals surface area contributed by atoms with Crippen LogP contribution < -0.4 is 5.32 Å². The van der Waals surface area contributed by atoms with Gasteiger partial charge in [-0.2, -0.15) is 0 Å². The molecule has 3 rings (SSSR count). The molecule has 2 atom stereocenters. The van der Waals surface area contributed by atoms with Gasteiger partial charge in [0, 0.05) is 13.0 Å². The van der Waals surface area contributed by atoms with E-state index in [1.807, 2.05) is 6.08 Å². The molecule has 2 N–H and O–H groups in total. The number of fused-ring (bicyclic) bond motifs is 1. The fourth-order valence-electron chi connectivity index (χ4n) is 2.40. The summed E-state index contributed by atoms with van der Waals surface area (Å²) in [6, 6.07) is -0.462. The summed E-state index contributed by atoms with van der Waals surface area (Å²) in [5.74, 6) is 0.0965. The zero-order chi connectivity index (χ0) is 11.1. The van der Waals surface area contributed by atoms with Crippen LogP contribution >= 0.6 is 0 Å². The van der Waals surface area contributed by atoms with E-state index in [-0.39, 0.29) is 6.10 Å². The van der Waals surface area contributed by atoms with Gasteiger partial charge in [-0.05, 0) is 18.1 Å². The molecule has 2 unspecified atom stereocenters. The Kier molecular flexibility index (Phi) is 2.22. The topological polar surface area (TPSA) is 67.8 Å². The van der Waals surface area contributed by atoms with Gasteiger partial charge >= 0.3 is 5.97 Å². The highest BCUT2D eigenvalue weighted by Gasteiger charge is 2.34. The number of hydrogen-bond donors (Lipinski definition) is 2. The van der Waals surface area contributed by atoms with Crippen LogP contribution in [0.2, 0.25) is 0 Å². The Balaban J connectivity index is 1.83. The normalized spacial score (nSPS) is 32.6. The Hall–Kier alpha value is -1.33. The van der Waals surface area contributed by atoms with Gasteiger partial charge in [0.2, 0.25) is 0 Å². The molecule has 5 heteroatoms. The molecular weight excluding hydrogens is 210 g/mol. The number of carboxylic acid groups (broad SMARTS) is 1. The minimum atomic E-state index is -0.787. The number of aliphatic carboxylic acids is 1. The number of hydrogen-bond acceptors (Lipinski definition) is 4. The van der Waals surface area contributed by atoms with Crippen LogP contribution in [-0.4, -0.2) is 36.6 Å². The minimum Gasteiger partial charge on any atom is -0.480 e. The molecule has 2 heterocycles. The lowest BCUT2D eigenvalue weighted by Crippen LogP contribution is -2.42. The first-order valence-corrected chi connectivity index (χ1v) is 5.37. The summed E-state index contributed by atoms with van der Waals surface area (Å²) in [7, 11) is 0. The van der Waals surface area contributed by atoms with Crippen molar-refractivity contribution in [1.82, 2.24) is 5.32 Å². The number of nitrogens with one attached hydrogen (secondary N) is 1. The van der Waals surface area contributed by atoms with Crippen molar-refractivity contribution >= 4 is 5.97 Å². The van der Waals surface area contributed by atoms with Crippen LogP contribution in [0.1, 0.15) is 12.8 Å². The average Bonchev–Trinajstić information content (AvgIpc) is 2.71. The van der Waals surface area contributed by atoms with Crippen LogP contribution in [0.5, 0.6) is 0 Å². The van der Waals surface area contributed by atoms with Crippen LogP contribution in [0.25, 0.3) is 0 Å². The van der Waals surface area contributed by atoms with E-state index in [0.29, 0.717) is 19.8 Å². The number of carboxylic acids is 1. The van der Waals surface area contributed by atoms with Gasteiger partial charge in [-0.3, -0.25) is 4.79 Å². The molecule has 86 valence electrons. The second-order valence-electron chi connectivity index (χ2n) is 4.27. The molecule has 1 aliphatic carbocycles. The Labute approximate surface area is 92.7 Å². The molecule has 16 heavy (non-hydrogen) atoms. The predicted molar refractivity (Wildman–Crippen MR) is 54.6 cm³/mol. The molecule has 0 spiro atoms. The summed E-state index contributed by atoms with van der Waals surface area (Å²) in [5, 5.41) is 12.0. The van der Waals surface area contributed by atoms with Gasteiger partial charge in [0.15, 0.2) is 6.79 Å². The van der Waals surface area contributed by atoms with Crippen molar-refractivity contribution in [3.05, 3.63) is 23.0 Å². The molecule has 0 bridgehead atoms. The first-order valence-electron chi connectivity index (χ1n) is 5.37.